The van der Waals surface area contributed by atoms with Crippen LogP contribution in [0.2, 0.25) is 0 Å². The number of carbonyl (C=O) groups excluding carboxylic acids is 2. The summed E-state index contributed by atoms with van der Waals surface area (Å²) in [6.07, 6.45) is 1.98. The highest BCUT2D eigenvalue weighted by molar-refractivity contribution is 5.94. The highest BCUT2D eigenvalue weighted by Crippen LogP contribution is 2.22. The molecule has 7 heteroatoms. The lowest BCUT2D eigenvalue weighted by molar-refractivity contribution is -0.121. The second kappa shape index (κ2) is 10.4. The number of hydrogen-bond donors (Lipinski definition) is 2. The Morgan fingerprint density at radius 2 is 1.77 bits per heavy atom. The quantitative estimate of drug-likeness (QED) is 0.714. The largest absolute Gasteiger partial charge is 0.378 e. The molecule has 1 aliphatic rings. The summed E-state index contributed by atoms with van der Waals surface area (Å²) >= 11 is 0. The van der Waals surface area contributed by atoms with Crippen LogP contribution in [-0.2, 0) is 21.5 Å². The van der Waals surface area contributed by atoms with Gasteiger partial charge in [-0.3, -0.25) is 9.59 Å². The maximum absolute atomic E-state index is 12.3. The topological polar surface area (TPSA) is 83.6 Å². The Hall–Kier alpha value is -2.93. The molecule has 1 saturated heterocycles. The number of benzene rings is 1. The van der Waals surface area contributed by atoms with Crippen molar-refractivity contribution >= 4 is 17.6 Å². The van der Waals surface area contributed by atoms with Crippen LogP contribution in [0, 0.1) is 0 Å². The fraction of sp³-hybridized carbons (Fsp3) is 0.458. The highest BCUT2D eigenvalue weighted by Gasteiger charge is 2.17. The van der Waals surface area contributed by atoms with Crippen molar-refractivity contribution < 1.29 is 14.3 Å². The molecule has 0 aliphatic carbocycles. The van der Waals surface area contributed by atoms with E-state index >= 15 is 0 Å². The summed E-state index contributed by atoms with van der Waals surface area (Å²) in [4.78, 5) is 31.2. The Morgan fingerprint density at radius 1 is 1.06 bits per heavy atom. The molecule has 2 N–H and O–H groups in total. The molecule has 1 aromatic heterocycles. The summed E-state index contributed by atoms with van der Waals surface area (Å²) in [6, 6.07) is 11.4. The van der Waals surface area contributed by atoms with E-state index in [1.54, 1.807) is 6.20 Å². The molecule has 31 heavy (non-hydrogen) atoms. The smallest absolute Gasteiger partial charge is 0.251 e. The van der Waals surface area contributed by atoms with Gasteiger partial charge in [-0.15, -0.1) is 0 Å². The summed E-state index contributed by atoms with van der Waals surface area (Å²) in [5.74, 6) is 0.605. The highest BCUT2D eigenvalue weighted by atomic mass is 16.5. The Bertz CT molecular complexity index is 884. The number of amides is 2. The predicted octanol–water partition coefficient (Wildman–Crippen LogP) is 2.65. The van der Waals surface area contributed by atoms with Gasteiger partial charge in [-0.25, -0.2) is 4.98 Å². The third kappa shape index (κ3) is 6.52. The molecule has 2 heterocycles. The average Bonchev–Trinajstić information content (AvgIpc) is 2.78. The second-order valence-corrected chi connectivity index (χ2v) is 8.70. The van der Waals surface area contributed by atoms with Crippen molar-refractivity contribution in [3.63, 3.8) is 0 Å². The Labute approximate surface area is 184 Å². The van der Waals surface area contributed by atoms with E-state index in [1.165, 1.54) is 5.56 Å². The van der Waals surface area contributed by atoms with Crippen molar-refractivity contribution in [2.24, 2.45) is 0 Å². The van der Waals surface area contributed by atoms with Crippen molar-refractivity contribution in [2.75, 3.05) is 37.7 Å². The number of aromatic nitrogens is 1. The standard InChI is InChI=1S/C24H32N4O3/c1-24(2,3)20-8-6-18(7-9-20)23(30)26-12-10-21(29)27-17-19-5-4-11-25-22(19)28-13-15-31-16-14-28/h4-9,11H,10,12-17H2,1-3H3,(H,26,30)(H,27,29). The van der Waals surface area contributed by atoms with E-state index in [1.807, 2.05) is 36.4 Å². The lowest BCUT2D eigenvalue weighted by Crippen LogP contribution is -2.38. The number of nitrogens with one attached hydrogen (secondary N) is 2. The zero-order valence-corrected chi connectivity index (χ0v) is 18.6. The molecule has 0 radical (unpaired) electrons. The minimum absolute atomic E-state index is 0.0447. The zero-order chi connectivity index (χ0) is 22.3. The molecule has 0 atom stereocenters. The van der Waals surface area contributed by atoms with E-state index in [-0.39, 0.29) is 30.2 Å². The lowest BCUT2D eigenvalue weighted by atomic mass is 9.87. The van der Waals surface area contributed by atoms with Crippen LogP contribution in [0.4, 0.5) is 5.82 Å². The van der Waals surface area contributed by atoms with E-state index < -0.39 is 0 Å². The van der Waals surface area contributed by atoms with Crippen LogP contribution in [-0.4, -0.2) is 49.6 Å². The molecular formula is C24H32N4O3. The van der Waals surface area contributed by atoms with Crippen LogP contribution in [0.1, 0.15) is 48.7 Å². The second-order valence-electron chi connectivity index (χ2n) is 8.70. The van der Waals surface area contributed by atoms with Crippen LogP contribution in [0.5, 0.6) is 0 Å². The SMILES string of the molecule is CC(C)(C)c1ccc(C(=O)NCCC(=O)NCc2cccnc2N2CCOCC2)cc1. The summed E-state index contributed by atoms with van der Waals surface area (Å²) < 4.78 is 5.40. The maximum atomic E-state index is 12.3. The monoisotopic (exact) mass is 424 g/mol. The molecule has 1 aliphatic heterocycles. The number of anilines is 1. The van der Waals surface area contributed by atoms with E-state index in [4.69, 9.17) is 4.74 Å². The van der Waals surface area contributed by atoms with Crippen molar-refractivity contribution in [1.82, 2.24) is 15.6 Å². The molecule has 7 nitrogen and oxygen atoms in total. The molecule has 0 unspecified atom stereocenters. The summed E-state index contributed by atoms with van der Waals surface area (Å²) in [6.45, 7) is 10.0. The third-order valence-corrected chi connectivity index (χ3v) is 5.30. The maximum Gasteiger partial charge on any atom is 0.251 e. The first-order valence-electron chi connectivity index (χ1n) is 10.8. The van der Waals surface area contributed by atoms with Gasteiger partial charge in [-0.2, -0.15) is 0 Å². The molecule has 0 spiro atoms. The Kier molecular flexibility index (Phi) is 7.63. The van der Waals surface area contributed by atoms with Crippen molar-refractivity contribution in [3.8, 4) is 0 Å². The molecule has 1 aromatic carbocycles. The Balaban J connectivity index is 1.44. The van der Waals surface area contributed by atoms with Crippen molar-refractivity contribution in [3.05, 3.63) is 59.3 Å². The van der Waals surface area contributed by atoms with Crippen LogP contribution >= 0.6 is 0 Å². The molecule has 0 saturated carbocycles. The van der Waals surface area contributed by atoms with E-state index in [9.17, 15) is 9.59 Å². The molecule has 166 valence electrons. The van der Waals surface area contributed by atoms with E-state index in [0.29, 0.717) is 25.3 Å². The van der Waals surface area contributed by atoms with Gasteiger partial charge in [-0.05, 0) is 29.2 Å². The van der Waals surface area contributed by atoms with E-state index in [2.05, 4.69) is 41.3 Å². The van der Waals surface area contributed by atoms with E-state index in [0.717, 1.165) is 24.5 Å². The number of hydrogen-bond acceptors (Lipinski definition) is 5. The molecular weight excluding hydrogens is 392 g/mol. The predicted molar refractivity (Wildman–Crippen MR) is 121 cm³/mol. The van der Waals surface area contributed by atoms with Gasteiger partial charge in [0.25, 0.3) is 5.91 Å². The van der Waals surface area contributed by atoms with Crippen LogP contribution in [0.15, 0.2) is 42.6 Å². The van der Waals surface area contributed by atoms with Gasteiger partial charge in [0.05, 0.1) is 13.2 Å². The molecule has 2 amide bonds. The van der Waals surface area contributed by atoms with Gasteiger partial charge < -0.3 is 20.3 Å². The first-order chi connectivity index (χ1) is 14.8. The van der Waals surface area contributed by atoms with Crippen molar-refractivity contribution in [1.29, 1.82) is 0 Å². The minimum Gasteiger partial charge on any atom is -0.378 e. The number of rotatable bonds is 7. The number of carbonyl (C=O) groups is 2. The van der Waals surface area contributed by atoms with Crippen LogP contribution in [0.25, 0.3) is 0 Å². The van der Waals surface area contributed by atoms with Gasteiger partial charge in [0.2, 0.25) is 5.91 Å². The first-order valence-corrected chi connectivity index (χ1v) is 10.8. The normalized spacial score (nSPS) is 14.2. The number of nitrogens with zero attached hydrogens (tertiary/aromatic N) is 2. The molecule has 0 bridgehead atoms. The molecule has 1 fully saturated rings. The fourth-order valence-corrected chi connectivity index (χ4v) is 3.42. The zero-order valence-electron chi connectivity index (χ0n) is 18.6. The first kappa shape index (κ1) is 22.7. The fourth-order valence-electron chi connectivity index (χ4n) is 3.42. The third-order valence-electron chi connectivity index (χ3n) is 5.30. The average molecular weight is 425 g/mol. The van der Waals surface area contributed by atoms with Crippen molar-refractivity contribution in [2.45, 2.75) is 39.2 Å². The summed E-state index contributed by atoms with van der Waals surface area (Å²) in [5.41, 5.74) is 2.79. The van der Waals surface area contributed by atoms with Gasteiger partial charge in [0, 0.05) is 49.9 Å². The van der Waals surface area contributed by atoms with Gasteiger partial charge in [-0.1, -0.05) is 39.0 Å². The van der Waals surface area contributed by atoms with Gasteiger partial charge in [0.1, 0.15) is 5.82 Å². The molecule has 2 aromatic rings. The molecule has 3 rings (SSSR count). The van der Waals surface area contributed by atoms with Gasteiger partial charge in [0.15, 0.2) is 0 Å². The minimum atomic E-state index is -0.171. The van der Waals surface area contributed by atoms with Gasteiger partial charge >= 0.3 is 0 Å². The van der Waals surface area contributed by atoms with Crippen LogP contribution in [0.3, 0.4) is 0 Å². The number of pyridine rings is 1. The Morgan fingerprint density at radius 3 is 2.45 bits per heavy atom. The summed E-state index contributed by atoms with van der Waals surface area (Å²) in [5, 5.41) is 5.74. The number of ether oxygens (including phenoxy) is 1. The lowest BCUT2D eigenvalue weighted by Gasteiger charge is -2.29. The van der Waals surface area contributed by atoms with Crippen LogP contribution < -0.4 is 15.5 Å². The number of morpholine rings is 1. The summed E-state index contributed by atoms with van der Waals surface area (Å²) in [7, 11) is 0.